The van der Waals surface area contributed by atoms with Crippen LogP contribution in [0.15, 0.2) is 55.0 Å². The Balaban J connectivity index is 1.51. The summed E-state index contributed by atoms with van der Waals surface area (Å²) in [4.78, 5) is 13.7. The molecule has 0 aliphatic carbocycles. The van der Waals surface area contributed by atoms with E-state index >= 15 is 0 Å². The van der Waals surface area contributed by atoms with Crippen molar-refractivity contribution in [1.29, 1.82) is 0 Å². The van der Waals surface area contributed by atoms with E-state index in [-0.39, 0.29) is 12.1 Å². The molecule has 3 aromatic rings. The highest BCUT2D eigenvalue weighted by molar-refractivity contribution is 5.36. The van der Waals surface area contributed by atoms with Gasteiger partial charge < -0.3 is 14.6 Å². The molecule has 0 unspecified atom stereocenters. The van der Waals surface area contributed by atoms with Crippen LogP contribution in [0.5, 0.6) is 0 Å². The molecule has 2 aromatic heterocycles. The summed E-state index contributed by atoms with van der Waals surface area (Å²) in [5.41, 5.74) is 1.21. The molecule has 27 heavy (non-hydrogen) atoms. The Hall–Kier alpha value is -2.73. The zero-order chi connectivity index (χ0) is 18.5. The first-order chi connectivity index (χ1) is 13.3. The Morgan fingerprint density at radius 1 is 1.15 bits per heavy atom. The van der Waals surface area contributed by atoms with Crippen molar-refractivity contribution in [2.45, 2.75) is 44.9 Å². The number of imidazole rings is 1. The van der Waals surface area contributed by atoms with E-state index in [1.54, 1.807) is 0 Å². The number of benzene rings is 1. The van der Waals surface area contributed by atoms with E-state index in [0.717, 1.165) is 49.9 Å². The Morgan fingerprint density at radius 2 is 2.04 bits per heavy atom. The first kappa shape index (κ1) is 17.7. The number of hydrogen-bond donors (Lipinski definition) is 1. The van der Waals surface area contributed by atoms with Crippen LogP contribution in [0.3, 0.4) is 0 Å². The summed E-state index contributed by atoms with van der Waals surface area (Å²) in [7, 11) is 0. The largest absolute Gasteiger partial charge is 0.368 e. The van der Waals surface area contributed by atoms with Gasteiger partial charge in [-0.1, -0.05) is 30.3 Å². The number of anilines is 1. The lowest BCUT2D eigenvalue weighted by Crippen LogP contribution is -2.35. The molecule has 6 heteroatoms. The number of ether oxygens (including phenoxy) is 1. The zero-order valence-corrected chi connectivity index (χ0v) is 15.6. The SMILES string of the molecule is CCn1ccnc1[C@H]1OCCC[C@@H]1Nc1ccnc(Cc2ccccc2)n1. The minimum absolute atomic E-state index is 0.0683. The summed E-state index contributed by atoms with van der Waals surface area (Å²) in [6, 6.07) is 12.4. The number of hydrogen-bond acceptors (Lipinski definition) is 5. The molecule has 2 atom stereocenters. The predicted molar refractivity (Wildman–Crippen MR) is 105 cm³/mol. The smallest absolute Gasteiger partial charge is 0.140 e. The van der Waals surface area contributed by atoms with Crippen LogP contribution in [0.1, 0.15) is 43.1 Å². The second kappa shape index (κ2) is 8.31. The monoisotopic (exact) mass is 363 g/mol. The molecule has 0 amide bonds. The number of aryl methyl sites for hydroxylation is 1. The molecule has 0 bridgehead atoms. The van der Waals surface area contributed by atoms with Gasteiger partial charge in [-0.2, -0.15) is 0 Å². The third-order valence-electron chi connectivity index (χ3n) is 4.91. The number of aromatic nitrogens is 4. The summed E-state index contributed by atoms with van der Waals surface area (Å²) < 4.78 is 8.23. The molecule has 1 aromatic carbocycles. The minimum atomic E-state index is -0.0683. The normalized spacial score (nSPS) is 19.7. The van der Waals surface area contributed by atoms with Gasteiger partial charge in [-0.3, -0.25) is 0 Å². The third kappa shape index (κ3) is 4.17. The predicted octanol–water partition coefficient (Wildman–Crippen LogP) is 3.62. The van der Waals surface area contributed by atoms with Gasteiger partial charge in [0, 0.05) is 38.2 Å². The minimum Gasteiger partial charge on any atom is -0.368 e. The van der Waals surface area contributed by atoms with E-state index in [9.17, 15) is 0 Å². The average molecular weight is 363 g/mol. The van der Waals surface area contributed by atoms with Gasteiger partial charge >= 0.3 is 0 Å². The van der Waals surface area contributed by atoms with Gasteiger partial charge in [-0.05, 0) is 31.4 Å². The maximum absolute atomic E-state index is 6.09. The van der Waals surface area contributed by atoms with Gasteiger partial charge in [-0.25, -0.2) is 15.0 Å². The number of nitrogens with one attached hydrogen (secondary N) is 1. The Kier molecular flexibility index (Phi) is 5.44. The molecule has 0 radical (unpaired) electrons. The van der Waals surface area contributed by atoms with Crippen LogP contribution in [0.4, 0.5) is 5.82 Å². The average Bonchev–Trinajstić information content (AvgIpc) is 3.18. The molecule has 6 nitrogen and oxygen atoms in total. The topological polar surface area (TPSA) is 64.9 Å². The van der Waals surface area contributed by atoms with Gasteiger partial charge in [0.1, 0.15) is 23.6 Å². The van der Waals surface area contributed by atoms with Gasteiger partial charge in [0.2, 0.25) is 0 Å². The molecule has 1 aliphatic rings. The fraction of sp³-hybridized carbons (Fsp3) is 0.381. The van der Waals surface area contributed by atoms with Crippen LogP contribution in [-0.4, -0.2) is 32.2 Å². The lowest BCUT2D eigenvalue weighted by atomic mass is 10.0. The molecule has 1 aliphatic heterocycles. The maximum atomic E-state index is 6.09. The van der Waals surface area contributed by atoms with E-state index in [2.05, 4.69) is 38.9 Å². The first-order valence-electron chi connectivity index (χ1n) is 9.58. The van der Waals surface area contributed by atoms with E-state index in [1.807, 2.05) is 42.9 Å². The highest BCUT2D eigenvalue weighted by atomic mass is 16.5. The van der Waals surface area contributed by atoms with E-state index in [0.29, 0.717) is 0 Å². The van der Waals surface area contributed by atoms with Crippen molar-refractivity contribution in [3.05, 3.63) is 72.2 Å². The molecular formula is C21H25N5O. The summed E-state index contributed by atoms with van der Waals surface area (Å²) in [5, 5.41) is 3.57. The van der Waals surface area contributed by atoms with Crippen LogP contribution in [-0.2, 0) is 17.7 Å². The fourth-order valence-corrected chi connectivity index (χ4v) is 3.56. The molecule has 0 saturated carbocycles. The van der Waals surface area contributed by atoms with Crippen LogP contribution in [0.2, 0.25) is 0 Å². The van der Waals surface area contributed by atoms with Crippen molar-refractivity contribution >= 4 is 5.82 Å². The Morgan fingerprint density at radius 3 is 2.89 bits per heavy atom. The van der Waals surface area contributed by atoms with Crippen molar-refractivity contribution in [3.8, 4) is 0 Å². The van der Waals surface area contributed by atoms with Crippen molar-refractivity contribution < 1.29 is 4.74 Å². The second-order valence-electron chi connectivity index (χ2n) is 6.78. The molecule has 1 N–H and O–H groups in total. The van der Waals surface area contributed by atoms with Gasteiger partial charge in [0.25, 0.3) is 0 Å². The summed E-state index contributed by atoms with van der Waals surface area (Å²) in [5.74, 6) is 2.63. The zero-order valence-electron chi connectivity index (χ0n) is 15.6. The Labute approximate surface area is 159 Å². The highest BCUT2D eigenvalue weighted by Gasteiger charge is 2.30. The second-order valence-corrected chi connectivity index (χ2v) is 6.78. The van der Waals surface area contributed by atoms with E-state index in [4.69, 9.17) is 9.72 Å². The van der Waals surface area contributed by atoms with Crippen LogP contribution >= 0.6 is 0 Å². The number of nitrogens with zero attached hydrogens (tertiary/aromatic N) is 4. The third-order valence-corrected chi connectivity index (χ3v) is 4.91. The summed E-state index contributed by atoms with van der Waals surface area (Å²) >= 11 is 0. The molecule has 1 fully saturated rings. The van der Waals surface area contributed by atoms with Gasteiger partial charge in [0.05, 0.1) is 6.04 Å². The standard InChI is InChI=1S/C21H25N5O/c1-2-26-13-12-23-21(26)20-17(9-6-14-27-20)24-18-10-11-22-19(25-18)15-16-7-4-3-5-8-16/h3-5,7-8,10-13,17,20H,2,6,9,14-15H2,1H3,(H,22,24,25)/t17-,20-/m0/s1. The van der Waals surface area contributed by atoms with E-state index < -0.39 is 0 Å². The van der Waals surface area contributed by atoms with Gasteiger partial charge in [0.15, 0.2) is 0 Å². The molecule has 3 heterocycles. The maximum Gasteiger partial charge on any atom is 0.140 e. The van der Waals surface area contributed by atoms with Crippen molar-refractivity contribution in [1.82, 2.24) is 19.5 Å². The quantitative estimate of drug-likeness (QED) is 0.725. The van der Waals surface area contributed by atoms with E-state index in [1.165, 1.54) is 5.56 Å². The van der Waals surface area contributed by atoms with Crippen LogP contribution < -0.4 is 5.32 Å². The molecule has 0 spiro atoms. The van der Waals surface area contributed by atoms with Crippen molar-refractivity contribution in [2.75, 3.05) is 11.9 Å². The lowest BCUT2D eigenvalue weighted by Gasteiger charge is -2.32. The lowest BCUT2D eigenvalue weighted by molar-refractivity contribution is -0.00178. The first-order valence-corrected chi connectivity index (χ1v) is 9.58. The summed E-state index contributed by atoms with van der Waals surface area (Å²) in [6.45, 7) is 3.77. The van der Waals surface area contributed by atoms with Gasteiger partial charge in [-0.15, -0.1) is 0 Å². The molecule has 4 rings (SSSR count). The summed E-state index contributed by atoms with van der Waals surface area (Å²) in [6.07, 6.45) is 8.38. The fourth-order valence-electron chi connectivity index (χ4n) is 3.56. The Bertz CT molecular complexity index is 864. The molecular weight excluding hydrogens is 338 g/mol. The number of rotatable bonds is 6. The highest BCUT2D eigenvalue weighted by Crippen LogP contribution is 2.29. The molecule has 140 valence electrons. The molecule has 1 saturated heterocycles. The van der Waals surface area contributed by atoms with Crippen molar-refractivity contribution in [3.63, 3.8) is 0 Å². The van der Waals surface area contributed by atoms with Crippen molar-refractivity contribution in [2.24, 2.45) is 0 Å². The van der Waals surface area contributed by atoms with Crippen LogP contribution in [0, 0.1) is 0 Å². The van der Waals surface area contributed by atoms with Crippen LogP contribution in [0.25, 0.3) is 0 Å².